The van der Waals surface area contributed by atoms with Crippen LogP contribution >= 0.6 is 11.6 Å². The number of ether oxygens (including phenoxy) is 2. The molecule has 0 radical (unpaired) electrons. The number of pyridine rings is 1. The van der Waals surface area contributed by atoms with E-state index in [4.69, 9.17) is 21.1 Å². The van der Waals surface area contributed by atoms with Crippen LogP contribution in [0.15, 0.2) is 73.1 Å². The summed E-state index contributed by atoms with van der Waals surface area (Å²) in [5.74, 6) is -3.41. The van der Waals surface area contributed by atoms with E-state index in [0.29, 0.717) is 29.2 Å². The maximum absolute atomic E-state index is 13.0. The Bertz CT molecular complexity index is 1880. The molecule has 1 fully saturated rings. The number of esters is 1. The number of Topliss-reactive ketones (excluding diaryl/α,β-unsaturated/α-hetero) is 1. The molecule has 51 heavy (non-hydrogen) atoms. The molecule has 266 valence electrons. The molecule has 2 aromatic carbocycles. The third-order valence-electron chi connectivity index (χ3n) is 7.50. The summed E-state index contributed by atoms with van der Waals surface area (Å²) < 4.78 is 48.3. The van der Waals surface area contributed by atoms with Gasteiger partial charge in [-0.25, -0.2) is 4.79 Å². The number of anilines is 4. The molecule has 14 nitrogen and oxygen atoms in total. The van der Waals surface area contributed by atoms with Crippen molar-refractivity contribution in [3.8, 4) is 6.01 Å². The Hall–Kier alpha value is -5.84. The SMILES string of the molecule is COC(=O)[C@H](CCC(=O)C(=O)Nc1cccnc1)NC(=O)c1ccc(Nc2nc(NC3(c4ccc(Cl)cc4)CC3)nc(OCC(F)(F)F)n2)cc1. The second-order valence-corrected chi connectivity index (χ2v) is 11.7. The maximum Gasteiger partial charge on any atom is 0.422 e. The molecule has 0 aliphatic heterocycles. The van der Waals surface area contributed by atoms with Gasteiger partial charge >= 0.3 is 18.2 Å². The molecule has 1 aliphatic carbocycles. The molecule has 4 aromatic rings. The molecule has 4 N–H and O–H groups in total. The van der Waals surface area contributed by atoms with E-state index in [1.165, 1.54) is 36.7 Å². The molecule has 1 aliphatic rings. The molecule has 0 unspecified atom stereocenters. The fourth-order valence-electron chi connectivity index (χ4n) is 4.77. The van der Waals surface area contributed by atoms with E-state index < -0.39 is 53.9 Å². The zero-order valence-electron chi connectivity index (χ0n) is 26.8. The minimum atomic E-state index is -4.64. The van der Waals surface area contributed by atoms with Gasteiger partial charge in [0.25, 0.3) is 11.8 Å². The van der Waals surface area contributed by atoms with Crippen molar-refractivity contribution in [3.63, 3.8) is 0 Å². The van der Waals surface area contributed by atoms with E-state index in [0.717, 1.165) is 12.7 Å². The monoisotopic (exact) mass is 726 g/mol. The Kier molecular flexibility index (Phi) is 11.3. The molecule has 2 heterocycles. The fourth-order valence-corrected chi connectivity index (χ4v) is 4.89. The van der Waals surface area contributed by atoms with Crippen LogP contribution in [0.5, 0.6) is 6.01 Å². The molecule has 2 aromatic heterocycles. The van der Waals surface area contributed by atoms with E-state index >= 15 is 0 Å². The number of methoxy groups -OCH3 is 1. The predicted octanol–water partition coefficient (Wildman–Crippen LogP) is 4.97. The van der Waals surface area contributed by atoms with Crippen LogP contribution in [0.1, 0.15) is 41.6 Å². The Balaban J connectivity index is 1.24. The number of hydrogen-bond donors (Lipinski definition) is 4. The highest BCUT2D eigenvalue weighted by Crippen LogP contribution is 2.48. The van der Waals surface area contributed by atoms with Crippen LogP contribution in [0, 0.1) is 0 Å². The van der Waals surface area contributed by atoms with E-state index in [1.807, 2.05) is 12.1 Å². The standard InChI is InChI=1S/C33H30ClF3N8O6/c1-50-28(49)24(12-13-25(46)27(48)39-23-3-2-16-38-17-23)41-26(47)19-4-10-22(11-5-19)40-29-42-30(44-31(43-29)51-18-33(35,36)37)45-32(14-15-32)20-6-8-21(34)9-7-20/h2-11,16-17,24H,12-15,18H2,1H3,(H,39,48)(H,41,47)(H2,40,42,43,44,45)/t24-/m0/s1. The van der Waals surface area contributed by atoms with Gasteiger partial charge in [0.05, 0.1) is 24.5 Å². The average Bonchev–Trinajstić information content (AvgIpc) is 3.89. The average molecular weight is 727 g/mol. The molecule has 0 bridgehead atoms. The molecule has 18 heteroatoms. The van der Waals surface area contributed by atoms with Crippen molar-refractivity contribution in [3.05, 3.63) is 89.2 Å². The van der Waals surface area contributed by atoms with Gasteiger partial charge in [0, 0.05) is 28.9 Å². The second-order valence-electron chi connectivity index (χ2n) is 11.3. The summed E-state index contributed by atoms with van der Waals surface area (Å²) in [6.45, 7) is -1.62. The van der Waals surface area contributed by atoms with Crippen LogP contribution < -0.4 is 26.0 Å². The van der Waals surface area contributed by atoms with E-state index in [9.17, 15) is 32.3 Å². The third kappa shape index (κ3) is 10.3. The van der Waals surface area contributed by atoms with E-state index in [-0.39, 0.29) is 30.3 Å². The van der Waals surface area contributed by atoms with Crippen molar-refractivity contribution in [2.45, 2.75) is 43.4 Å². The number of carbonyl (C=O) groups excluding carboxylic acids is 4. The van der Waals surface area contributed by atoms with Crippen molar-refractivity contribution >= 4 is 58.4 Å². The Labute approximate surface area is 293 Å². The van der Waals surface area contributed by atoms with Gasteiger partial charge in [0.2, 0.25) is 17.7 Å². The van der Waals surface area contributed by atoms with Crippen LogP contribution in [0.25, 0.3) is 0 Å². The summed E-state index contributed by atoms with van der Waals surface area (Å²) in [6.07, 6.45) is -0.945. The Morgan fingerprint density at radius 1 is 0.941 bits per heavy atom. The fraction of sp³-hybridized carbons (Fsp3) is 0.273. The molecule has 5 rings (SSSR count). The van der Waals surface area contributed by atoms with Gasteiger partial charge < -0.3 is 30.7 Å². The van der Waals surface area contributed by atoms with Gasteiger partial charge in [-0.05, 0) is 73.4 Å². The quantitative estimate of drug-likeness (QED) is 0.0954. The van der Waals surface area contributed by atoms with Crippen LogP contribution in [0.3, 0.4) is 0 Å². The van der Waals surface area contributed by atoms with Crippen molar-refractivity contribution in [1.29, 1.82) is 0 Å². The van der Waals surface area contributed by atoms with Gasteiger partial charge in [-0.15, -0.1) is 0 Å². The molecule has 2 amide bonds. The Morgan fingerprint density at radius 2 is 1.65 bits per heavy atom. The lowest BCUT2D eigenvalue weighted by molar-refractivity contribution is -0.154. The molecular weight excluding hydrogens is 697 g/mol. The van der Waals surface area contributed by atoms with Gasteiger partial charge in [0.15, 0.2) is 6.61 Å². The van der Waals surface area contributed by atoms with Gasteiger partial charge in [-0.1, -0.05) is 23.7 Å². The summed E-state index contributed by atoms with van der Waals surface area (Å²) >= 11 is 6.02. The number of alkyl halides is 3. The first kappa shape index (κ1) is 36.4. The number of nitrogens with zero attached hydrogens (tertiary/aromatic N) is 4. The number of carbonyl (C=O) groups is 4. The summed E-state index contributed by atoms with van der Waals surface area (Å²) in [5.41, 5.74) is 1.11. The zero-order chi connectivity index (χ0) is 36.6. The Morgan fingerprint density at radius 3 is 2.27 bits per heavy atom. The summed E-state index contributed by atoms with van der Waals surface area (Å²) in [5, 5.41) is 11.5. The number of nitrogens with one attached hydrogen (secondary N) is 4. The normalized spacial score (nSPS) is 13.7. The van der Waals surface area contributed by atoms with E-state index in [1.54, 1.807) is 24.3 Å². The van der Waals surface area contributed by atoms with Crippen LogP contribution in [-0.2, 0) is 24.7 Å². The molecule has 0 saturated heterocycles. The van der Waals surface area contributed by atoms with Crippen molar-refractivity contribution in [2.75, 3.05) is 29.7 Å². The predicted molar refractivity (Wildman–Crippen MR) is 177 cm³/mol. The number of rotatable bonds is 15. The minimum Gasteiger partial charge on any atom is -0.467 e. The molecular formula is C33H30ClF3N8O6. The van der Waals surface area contributed by atoms with Crippen molar-refractivity contribution < 1.29 is 41.8 Å². The van der Waals surface area contributed by atoms with Crippen LogP contribution in [0.4, 0.5) is 36.4 Å². The number of halogens is 4. The number of aromatic nitrogens is 4. The maximum atomic E-state index is 13.0. The lowest BCUT2D eigenvalue weighted by atomic mass is 10.1. The lowest BCUT2D eigenvalue weighted by Crippen LogP contribution is -2.42. The largest absolute Gasteiger partial charge is 0.467 e. The smallest absolute Gasteiger partial charge is 0.422 e. The second kappa shape index (κ2) is 15.8. The first-order valence-corrected chi connectivity index (χ1v) is 15.7. The number of ketones is 1. The van der Waals surface area contributed by atoms with Crippen molar-refractivity contribution in [1.82, 2.24) is 25.3 Å². The van der Waals surface area contributed by atoms with Crippen LogP contribution in [-0.4, -0.2) is 69.4 Å². The molecule has 0 spiro atoms. The minimum absolute atomic E-state index is 0.0324. The van der Waals surface area contributed by atoms with Gasteiger partial charge in [-0.3, -0.25) is 19.4 Å². The molecule has 1 atom stereocenters. The molecule has 1 saturated carbocycles. The van der Waals surface area contributed by atoms with E-state index in [2.05, 4.69) is 41.2 Å². The summed E-state index contributed by atoms with van der Waals surface area (Å²) in [6, 6.07) is 14.2. The lowest BCUT2D eigenvalue weighted by Gasteiger charge is -2.19. The highest BCUT2D eigenvalue weighted by molar-refractivity contribution is 6.40. The number of amides is 2. The number of hydrogen-bond acceptors (Lipinski definition) is 12. The van der Waals surface area contributed by atoms with Gasteiger partial charge in [0.1, 0.15) is 6.04 Å². The third-order valence-corrected chi connectivity index (χ3v) is 7.76. The highest BCUT2D eigenvalue weighted by atomic mass is 35.5. The van der Waals surface area contributed by atoms with Gasteiger partial charge in [-0.2, -0.15) is 28.1 Å². The zero-order valence-corrected chi connectivity index (χ0v) is 27.5. The first-order valence-electron chi connectivity index (χ1n) is 15.3. The summed E-state index contributed by atoms with van der Waals surface area (Å²) in [4.78, 5) is 66.2. The number of benzene rings is 2. The topological polar surface area (TPSA) is 186 Å². The highest BCUT2D eigenvalue weighted by Gasteiger charge is 2.45. The van der Waals surface area contributed by atoms with Crippen LogP contribution in [0.2, 0.25) is 5.02 Å². The first-order chi connectivity index (χ1) is 24.3. The summed E-state index contributed by atoms with van der Waals surface area (Å²) in [7, 11) is 1.11. The van der Waals surface area contributed by atoms with Crippen molar-refractivity contribution in [2.24, 2.45) is 0 Å².